The molecule has 0 aliphatic rings. The van der Waals surface area contributed by atoms with E-state index in [1.54, 1.807) is 0 Å². The quantitative estimate of drug-likeness (QED) is 0.463. The summed E-state index contributed by atoms with van der Waals surface area (Å²) in [5, 5.41) is 0. The second-order valence-electron chi connectivity index (χ2n) is 0. The molecule has 0 bridgehead atoms. The van der Waals surface area contributed by atoms with E-state index in [0.717, 1.165) is 0 Å². The summed E-state index contributed by atoms with van der Waals surface area (Å²) in [5.41, 5.74) is 0. The molecule has 0 heterocycles. The summed E-state index contributed by atoms with van der Waals surface area (Å²) in [6.45, 7) is 0. The molecule has 0 aliphatic heterocycles. The zero-order valence-corrected chi connectivity index (χ0v) is 9.40. The molecule has 1 N–H and O–H groups in total. The Hall–Kier alpha value is 1.47. The van der Waals surface area contributed by atoms with Crippen LogP contribution in [0.1, 0.15) is 0 Å². The van der Waals surface area contributed by atoms with Crippen LogP contribution in [-0.4, -0.2) is 28.5 Å². The van der Waals surface area contributed by atoms with Crippen molar-refractivity contribution < 1.29 is 47.1 Å². The van der Waals surface area contributed by atoms with Gasteiger partial charge in [-0.3, -0.25) is 0 Å². The topological polar surface area (TPSA) is 64.1 Å². The molecule has 0 radical (unpaired) electrons. The molecule has 0 saturated heterocycles. The van der Waals surface area contributed by atoms with Crippen molar-refractivity contribution in [1.82, 2.24) is 0 Å². The van der Waals surface area contributed by atoms with E-state index >= 15 is 0 Å². The van der Waals surface area contributed by atoms with Crippen LogP contribution in [0.15, 0.2) is 0 Å². The average Bonchev–Trinajstić information content (AvgIpc) is 1.50. The molecule has 0 atom stereocenters. The van der Waals surface area contributed by atoms with Crippen molar-refractivity contribution in [3.63, 3.8) is 0 Å². The molecule has 3 nitrogen and oxygen atoms in total. The summed E-state index contributed by atoms with van der Waals surface area (Å²) in [6, 6.07) is 0. The van der Waals surface area contributed by atoms with E-state index in [2.05, 4.69) is 0 Å². The summed E-state index contributed by atoms with van der Waals surface area (Å²) >= 11 is 2.12. The number of rotatable bonds is 0. The van der Waals surface area contributed by atoms with Gasteiger partial charge >= 0.3 is 64.7 Å². The van der Waals surface area contributed by atoms with Gasteiger partial charge in [-0.05, 0) is 0 Å². The molecular formula is H2FeMgO3Zn. The van der Waals surface area contributed by atoms with Gasteiger partial charge in [-0.15, -0.1) is 0 Å². The second-order valence-corrected chi connectivity index (χ2v) is 0. The van der Waals surface area contributed by atoms with E-state index in [1.807, 2.05) is 15.9 Å². The van der Waals surface area contributed by atoms with Gasteiger partial charge in [0.05, 0.1) is 0 Å². The van der Waals surface area contributed by atoms with Gasteiger partial charge in [0.2, 0.25) is 0 Å². The zero-order valence-electron chi connectivity index (χ0n) is 3.32. The first-order chi connectivity index (χ1) is 2.00. The van der Waals surface area contributed by atoms with Crippen LogP contribution in [0.3, 0.4) is 0 Å². The number of hydrogen-bond donors (Lipinski definition) is 0. The van der Waals surface area contributed by atoms with Crippen LogP contribution in [0.25, 0.3) is 0 Å². The predicted octanol–water partition coefficient (Wildman–Crippen LogP) is -1.07. The second kappa shape index (κ2) is 89.7. The Kier molecular flexibility index (Phi) is 388. The van der Waals surface area contributed by atoms with Crippen LogP contribution in [0, 0.1) is 0 Å². The van der Waals surface area contributed by atoms with Crippen molar-refractivity contribution in [1.29, 1.82) is 0 Å². The van der Waals surface area contributed by atoms with Gasteiger partial charge in [-0.2, -0.15) is 0 Å². The summed E-state index contributed by atoms with van der Waals surface area (Å²) in [4.78, 5) is 0. The van der Waals surface area contributed by atoms with Crippen LogP contribution in [0.5, 0.6) is 0 Å². The van der Waals surface area contributed by atoms with Crippen molar-refractivity contribution in [2.45, 2.75) is 0 Å². The van der Waals surface area contributed by atoms with E-state index < -0.39 is 0 Å². The Morgan fingerprint density at radius 3 is 1.17 bits per heavy atom. The molecule has 0 amide bonds. The number of hydrogen-bond acceptors (Lipinski definition) is 3. The van der Waals surface area contributed by atoms with Crippen LogP contribution in [0.2, 0.25) is 0 Å². The molecular weight excluding hydrogens is 194 g/mol. The van der Waals surface area contributed by atoms with Gasteiger partial charge in [-0.1, -0.05) is 0 Å². The first kappa shape index (κ1) is 26.0. The summed E-state index contributed by atoms with van der Waals surface area (Å²) in [5.74, 6) is 0. The monoisotopic (exact) mass is 194 g/mol. The fraction of sp³-hybridized carbons (Fsp3) is 0. The predicted molar refractivity (Wildman–Crippen MR) is 10.5 cm³/mol. The molecule has 6 heteroatoms. The third-order valence-electron chi connectivity index (χ3n) is 0. The van der Waals surface area contributed by atoms with Crippen LogP contribution in [-0.2, 0) is 41.6 Å². The van der Waals surface area contributed by atoms with Gasteiger partial charge in [0.15, 0.2) is 0 Å². The molecule has 0 aromatic rings. The SMILES string of the molecule is [MgH+].[OH-].[O]=[Fe].[O]=[Zn]. The fourth-order valence-corrected chi connectivity index (χ4v) is 0. The van der Waals surface area contributed by atoms with Crippen molar-refractivity contribution in [3.05, 3.63) is 0 Å². The molecule has 0 aliphatic carbocycles. The molecule has 0 unspecified atom stereocenters. The van der Waals surface area contributed by atoms with E-state index in [4.69, 9.17) is 7.41 Å². The summed E-state index contributed by atoms with van der Waals surface area (Å²) < 4.78 is 16.4. The Bertz CT molecular complexity index is 12.8. The van der Waals surface area contributed by atoms with Crippen LogP contribution >= 0.6 is 0 Å². The Balaban J connectivity index is -0.00000000500. The van der Waals surface area contributed by atoms with E-state index in [9.17, 15) is 0 Å². The Morgan fingerprint density at radius 1 is 1.17 bits per heavy atom. The zero-order chi connectivity index (χ0) is 4.00. The third-order valence-corrected chi connectivity index (χ3v) is 0. The van der Waals surface area contributed by atoms with Crippen LogP contribution < -0.4 is 0 Å². The van der Waals surface area contributed by atoms with Gasteiger partial charge in [-0.25, -0.2) is 0 Å². The van der Waals surface area contributed by atoms with Gasteiger partial charge < -0.3 is 5.48 Å². The minimum absolute atomic E-state index is 0. The molecule has 0 rings (SSSR count). The van der Waals surface area contributed by atoms with Crippen molar-refractivity contribution in [2.75, 3.05) is 0 Å². The Morgan fingerprint density at radius 2 is 1.17 bits per heavy atom. The van der Waals surface area contributed by atoms with Gasteiger partial charge in [0.25, 0.3) is 0 Å². The Labute approximate surface area is 69.7 Å². The van der Waals surface area contributed by atoms with Crippen LogP contribution in [0.4, 0.5) is 0 Å². The van der Waals surface area contributed by atoms with E-state index in [0.29, 0.717) is 0 Å². The van der Waals surface area contributed by atoms with Gasteiger partial charge in [0, 0.05) is 0 Å². The summed E-state index contributed by atoms with van der Waals surface area (Å²) in [7, 11) is 0. The van der Waals surface area contributed by atoms with Crippen molar-refractivity contribution in [2.24, 2.45) is 0 Å². The molecule has 32 valence electrons. The standard InChI is InChI=1S/Fe.Mg.H2O.2O.Zn.H/h;;1H2;;;;/q;+1;;;;;/p-1. The normalized spacial score (nSPS) is 1.83. The third kappa shape index (κ3) is 50.6. The molecule has 0 spiro atoms. The molecule has 0 aromatic heterocycles. The molecule has 0 saturated carbocycles. The van der Waals surface area contributed by atoms with Crippen molar-refractivity contribution in [3.8, 4) is 0 Å². The van der Waals surface area contributed by atoms with E-state index in [-0.39, 0.29) is 46.8 Å². The first-order valence-electron chi connectivity index (χ1n) is 0.433. The molecule has 0 aromatic carbocycles. The van der Waals surface area contributed by atoms with E-state index in [1.165, 1.54) is 0 Å². The maximum atomic E-state index is 8.38. The minimum atomic E-state index is 0. The van der Waals surface area contributed by atoms with Crippen molar-refractivity contribution >= 4 is 23.1 Å². The average molecular weight is 196 g/mol. The fourth-order valence-electron chi connectivity index (χ4n) is 0. The maximum absolute atomic E-state index is 8.38. The first-order valence-corrected chi connectivity index (χ1v) is 2.10. The van der Waals surface area contributed by atoms with Gasteiger partial charge in [0.1, 0.15) is 0 Å². The molecule has 0 fully saturated rings. The molecule has 6 heavy (non-hydrogen) atoms. The summed E-state index contributed by atoms with van der Waals surface area (Å²) in [6.07, 6.45) is 0.